The predicted octanol–water partition coefficient (Wildman–Crippen LogP) is 3.87. The van der Waals surface area contributed by atoms with Crippen LogP contribution in [0.4, 0.5) is 0 Å². The van der Waals surface area contributed by atoms with E-state index in [-0.39, 0.29) is 28.2 Å². The number of hydrogen-bond donors (Lipinski definition) is 2. The third kappa shape index (κ3) is 4.08. The summed E-state index contributed by atoms with van der Waals surface area (Å²) in [5.41, 5.74) is 7.03. The molecule has 4 rings (SSSR count). The van der Waals surface area contributed by atoms with Crippen molar-refractivity contribution in [2.75, 3.05) is 13.1 Å². The molecule has 0 spiro atoms. The first kappa shape index (κ1) is 20.8. The lowest BCUT2D eigenvalue weighted by atomic mass is 9.95. The van der Waals surface area contributed by atoms with Gasteiger partial charge in [0.25, 0.3) is 0 Å². The molecule has 0 unspecified atom stereocenters. The minimum Gasteiger partial charge on any atom is -0.504 e. The van der Waals surface area contributed by atoms with Crippen LogP contribution in [0.2, 0.25) is 0 Å². The Hall–Kier alpha value is -2.42. The summed E-state index contributed by atoms with van der Waals surface area (Å²) < 4.78 is 34.4. The van der Waals surface area contributed by atoms with Gasteiger partial charge in [-0.15, -0.1) is 0 Å². The van der Waals surface area contributed by atoms with Gasteiger partial charge in [-0.3, -0.25) is 0 Å². The molecule has 1 aliphatic rings. The number of nitrogens with two attached hydrogens (primary N) is 1. The average molecular weight is 430 g/mol. The van der Waals surface area contributed by atoms with Gasteiger partial charge in [0, 0.05) is 18.2 Å². The number of benzene rings is 2. The zero-order chi connectivity index (χ0) is 21.1. The molecule has 0 aliphatic heterocycles. The van der Waals surface area contributed by atoms with Crippen LogP contribution in [0.5, 0.6) is 5.75 Å². The zero-order valence-corrected chi connectivity index (χ0v) is 17.6. The highest BCUT2D eigenvalue weighted by atomic mass is 32.2. The monoisotopic (exact) mass is 429 g/mol. The fourth-order valence-electron chi connectivity index (χ4n) is 4.10. The minimum atomic E-state index is -3.68. The number of rotatable bonds is 7. The maximum atomic E-state index is 13.5. The number of fused-ring (bicyclic) bond motifs is 1. The summed E-state index contributed by atoms with van der Waals surface area (Å²) >= 11 is 0. The van der Waals surface area contributed by atoms with Gasteiger partial charge >= 0.3 is 0 Å². The topological polar surface area (TPSA) is 110 Å². The van der Waals surface area contributed by atoms with Gasteiger partial charge < -0.3 is 15.3 Å². The Balaban J connectivity index is 1.70. The molecule has 2 aromatic carbocycles. The lowest BCUT2D eigenvalue weighted by Crippen LogP contribution is -2.42. The molecule has 160 valence electrons. The van der Waals surface area contributed by atoms with E-state index in [4.69, 9.17) is 10.2 Å². The maximum Gasteiger partial charge on any atom is 0.243 e. The summed E-state index contributed by atoms with van der Waals surface area (Å²) in [4.78, 5) is 4.62. The largest absolute Gasteiger partial charge is 0.504 e. The van der Waals surface area contributed by atoms with Gasteiger partial charge in [0.15, 0.2) is 11.3 Å². The molecule has 8 heteroatoms. The van der Waals surface area contributed by atoms with Crippen molar-refractivity contribution in [3.05, 3.63) is 42.5 Å². The van der Waals surface area contributed by atoms with E-state index in [1.165, 1.54) is 6.07 Å². The fourth-order valence-corrected chi connectivity index (χ4v) is 5.87. The van der Waals surface area contributed by atoms with Crippen LogP contribution in [0.1, 0.15) is 38.5 Å². The highest BCUT2D eigenvalue weighted by Crippen LogP contribution is 2.32. The number of para-hydroxylation sites is 1. The van der Waals surface area contributed by atoms with Crippen LogP contribution in [0.25, 0.3) is 22.6 Å². The standard InChI is InChI=1S/C22H27N3O4S/c23-13-6-14-25(17-8-2-1-3-9-17)30(27,28)18-10-4-7-16(15-18)22-24-19-11-5-12-20(26)21(19)29-22/h4-5,7,10-12,15,17,26H,1-3,6,8-9,13-14,23H2. The first-order valence-corrected chi connectivity index (χ1v) is 11.9. The second-order valence-electron chi connectivity index (χ2n) is 7.72. The van der Waals surface area contributed by atoms with Crippen LogP contribution in [0, 0.1) is 0 Å². The molecule has 1 aromatic heterocycles. The normalized spacial score (nSPS) is 15.8. The number of phenols is 1. The molecule has 1 fully saturated rings. The van der Waals surface area contributed by atoms with Crippen LogP contribution in [0.15, 0.2) is 51.8 Å². The summed E-state index contributed by atoms with van der Waals surface area (Å²) in [5, 5.41) is 9.97. The van der Waals surface area contributed by atoms with E-state index in [0.717, 1.165) is 32.1 Å². The van der Waals surface area contributed by atoms with Crippen molar-refractivity contribution in [1.82, 2.24) is 9.29 Å². The molecule has 0 saturated heterocycles. The second-order valence-corrected chi connectivity index (χ2v) is 9.61. The number of oxazole rings is 1. The lowest BCUT2D eigenvalue weighted by Gasteiger charge is -2.33. The Morgan fingerprint density at radius 1 is 1.13 bits per heavy atom. The number of phenolic OH excluding ortho intramolecular Hbond substituents is 1. The van der Waals surface area contributed by atoms with Gasteiger partial charge in [0.2, 0.25) is 15.9 Å². The lowest BCUT2D eigenvalue weighted by molar-refractivity contribution is 0.252. The summed E-state index contributed by atoms with van der Waals surface area (Å²) in [6.45, 7) is 0.871. The highest BCUT2D eigenvalue weighted by molar-refractivity contribution is 7.89. The molecule has 1 aliphatic carbocycles. The summed E-state index contributed by atoms with van der Waals surface area (Å²) in [7, 11) is -3.68. The Bertz CT molecular complexity index is 1120. The third-order valence-corrected chi connectivity index (χ3v) is 7.59. The van der Waals surface area contributed by atoms with Crippen molar-refractivity contribution in [2.45, 2.75) is 49.5 Å². The Kier molecular flexibility index (Phi) is 6.08. The van der Waals surface area contributed by atoms with Gasteiger partial charge in [-0.25, -0.2) is 13.4 Å². The number of nitrogens with zero attached hydrogens (tertiary/aromatic N) is 2. The quantitative estimate of drug-likeness (QED) is 0.590. The van der Waals surface area contributed by atoms with E-state index in [9.17, 15) is 13.5 Å². The highest BCUT2D eigenvalue weighted by Gasteiger charge is 2.32. The first-order chi connectivity index (χ1) is 14.5. The Labute approximate surface area is 176 Å². The van der Waals surface area contributed by atoms with E-state index < -0.39 is 10.0 Å². The van der Waals surface area contributed by atoms with Crippen molar-refractivity contribution >= 4 is 21.1 Å². The van der Waals surface area contributed by atoms with E-state index >= 15 is 0 Å². The zero-order valence-electron chi connectivity index (χ0n) is 16.8. The summed E-state index contributed by atoms with van der Waals surface area (Å²) in [5.74, 6) is 0.273. The molecular formula is C22H27N3O4S. The Morgan fingerprint density at radius 2 is 1.90 bits per heavy atom. The van der Waals surface area contributed by atoms with Crippen molar-refractivity contribution in [2.24, 2.45) is 5.73 Å². The Morgan fingerprint density at radius 3 is 2.63 bits per heavy atom. The van der Waals surface area contributed by atoms with Crippen molar-refractivity contribution in [3.63, 3.8) is 0 Å². The SMILES string of the molecule is NCCCN(C1CCCCC1)S(=O)(=O)c1cccc(-c2nc3cccc(O)c3o2)c1. The average Bonchev–Trinajstić information content (AvgIpc) is 3.21. The molecule has 7 nitrogen and oxygen atoms in total. The van der Waals surface area contributed by atoms with E-state index in [0.29, 0.717) is 30.6 Å². The molecule has 0 radical (unpaired) electrons. The van der Waals surface area contributed by atoms with Crippen LogP contribution in [0.3, 0.4) is 0 Å². The van der Waals surface area contributed by atoms with Crippen LogP contribution >= 0.6 is 0 Å². The van der Waals surface area contributed by atoms with Crippen molar-refractivity contribution < 1.29 is 17.9 Å². The van der Waals surface area contributed by atoms with Gasteiger partial charge in [-0.1, -0.05) is 31.4 Å². The van der Waals surface area contributed by atoms with Gasteiger partial charge in [0.05, 0.1) is 4.90 Å². The minimum absolute atomic E-state index is 0.000263. The first-order valence-electron chi connectivity index (χ1n) is 10.4. The third-order valence-electron chi connectivity index (χ3n) is 5.65. The van der Waals surface area contributed by atoms with Crippen molar-refractivity contribution in [3.8, 4) is 17.2 Å². The molecule has 0 amide bonds. The van der Waals surface area contributed by atoms with Gasteiger partial charge in [0.1, 0.15) is 5.52 Å². The molecule has 0 atom stereocenters. The van der Waals surface area contributed by atoms with Crippen molar-refractivity contribution in [1.29, 1.82) is 0 Å². The molecule has 30 heavy (non-hydrogen) atoms. The maximum absolute atomic E-state index is 13.5. The van der Waals surface area contributed by atoms with Gasteiger partial charge in [-0.2, -0.15) is 4.31 Å². The van der Waals surface area contributed by atoms with Crippen LogP contribution < -0.4 is 5.73 Å². The molecule has 3 N–H and O–H groups in total. The molecular weight excluding hydrogens is 402 g/mol. The van der Waals surface area contributed by atoms with Crippen LogP contribution in [-0.2, 0) is 10.0 Å². The summed E-state index contributed by atoms with van der Waals surface area (Å²) in [6.07, 6.45) is 5.64. The molecule has 0 bridgehead atoms. The van der Waals surface area contributed by atoms with E-state index in [1.807, 2.05) is 0 Å². The van der Waals surface area contributed by atoms with E-state index in [1.54, 1.807) is 40.7 Å². The number of aromatic hydroxyl groups is 1. The molecule has 1 heterocycles. The van der Waals surface area contributed by atoms with Gasteiger partial charge in [-0.05, 0) is 56.1 Å². The molecule has 3 aromatic rings. The smallest absolute Gasteiger partial charge is 0.243 e. The molecule has 1 saturated carbocycles. The predicted molar refractivity (Wildman–Crippen MR) is 116 cm³/mol. The summed E-state index contributed by atoms with van der Waals surface area (Å²) in [6, 6.07) is 11.6. The second kappa shape index (κ2) is 8.75. The number of hydrogen-bond acceptors (Lipinski definition) is 6. The fraction of sp³-hybridized carbons (Fsp3) is 0.409. The number of sulfonamides is 1. The van der Waals surface area contributed by atoms with E-state index in [2.05, 4.69) is 4.98 Å². The van der Waals surface area contributed by atoms with Crippen LogP contribution in [-0.4, -0.2) is 41.9 Å². The number of aromatic nitrogens is 1.